The van der Waals surface area contributed by atoms with Gasteiger partial charge in [0.05, 0.1) is 0 Å². The van der Waals surface area contributed by atoms with Crippen molar-refractivity contribution in [3.63, 3.8) is 0 Å². The van der Waals surface area contributed by atoms with Crippen molar-refractivity contribution in [2.45, 2.75) is 5.92 Å². The molecule has 0 bridgehead atoms. The van der Waals surface area contributed by atoms with Gasteiger partial charge in [0.2, 0.25) is 0 Å². The van der Waals surface area contributed by atoms with Crippen LogP contribution in [0.2, 0.25) is 0 Å². The molecule has 0 unspecified atom stereocenters. The quantitative estimate of drug-likeness (QED) is 0.533. The molecule has 0 spiro atoms. The molecule has 0 aromatic heterocycles. The molecular weight excluding hydrogens is 307 g/mol. The van der Waals surface area contributed by atoms with Crippen molar-refractivity contribution < 1.29 is 4.39 Å². The zero-order chi connectivity index (χ0) is 16.1. The molecule has 2 heteroatoms. The Balaban J connectivity index is 2.02. The van der Waals surface area contributed by atoms with E-state index < -0.39 is 0 Å². The summed E-state index contributed by atoms with van der Waals surface area (Å²) in [5.41, 5.74) is 3.14. The molecule has 0 aliphatic rings. The predicted molar refractivity (Wildman–Crippen MR) is 95.0 cm³/mol. The van der Waals surface area contributed by atoms with Gasteiger partial charge in [0.15, 0.2) is 0 Å². The van der Waals surface area contributed by atoms with Crippen LogP contribution in [0.25, 0.3) is 5.03 Å². The molecule has 0 saturated heterocycles. The zero-order valence-corrected chi connectivity index (χ0v) is 13.2. The first-order valence-corrected chi connectivity index (χ1v) is 7.85. The van der Waals surface area contributed by atoms with E-state index in [9.17, 15) is 4.39 Å². The first kappa shape index (κ1) is 15.5. The van der Waals surface area contributed by atoms with Crippen molar-refractivity contribution in [1.82, 2.24) is 0 Å². The molecule has 0 radical (unpaired) electrons. The third-order valence-electron chi connectivity index (χ3n) is 3.75. The molecule has 0 aliphatic heterocycles. The molecule has 0 fully saturated rings. The maximum atomic E-state index is 13.1. The molecule has 0 aliphatic carbocycles. The molecule has 0 atom stereocenters. The van der Waals surface area contributed by atoms with Crippen molar-refractivity contribution in [3.05, 3.63) is 114 Å². The molecule has 3 aromatic rings. The number of hydrogen-bond donors (Lipinski definition) is 0. The van der Waals surface area contributed by atoms with Crippen LogP contribution in [0, 0.1) is 5.82 Å². The fraction of sp³-hybridized carbons (Fsp3) is 0.0476. The number of allylic oxidation sites excluding steroid dienone is 1. The van der Waals surface area contributed by atoms with Gasteiger partial charge in [-0.25, -0.2) is 4.39 Å². The van der Waals surface area contributed by atoms with Gasteiger partial charge in [0.25, 0.3) is 0 Å². The Bertz CT molecular complexity index is 738. The predicted octanol–water partition coefficient (Wildman–Crippen LogP) is 6.24. The minimum atomic E-state index is -0.263. The average Bonchev–Trinajstić information content (AvgIpc) is 2.61. The van der Waals surface area contributed by atoms with Gasteiger partial charge in [-0.2, -0.15) is 0 Å². The van der Waals surface area contributed by atoms with Gasteiger partial charge in [-0.05, 0) is 28.8 Å². The largest absolute Gasteiger partial charge is 0.207 e. The van der Waals surface area contributed by atoms with Crippen molar-refractivity contribution in [3.8, 4) is 0 Å². The summed E-state index contributed by atoms with van der Waals surface area (Å²) in [5, 5.41) is 0.614. The average molecular weight is 323 g/mol. The second-order valence-electron chi connectivity index (χ2n) is 5.32. The Hall–Kier alpha value is -2.38. The maximum absolute atomic E-state index is 13.1. The van der Waals surface area contributed by atoms with Crippen molar-refractivity contribution in [2.24, 2.45) is 0 Å². The Morgan fingerprint density at radius 3 is 1.70 bits per heavy atom. The highest BCUT2D eigenvalue weighted by Crippen LogP contribution is 2.31. The zero-order valence-electron chi connectivity index (χ0n) is 12.5. The van der Waals surface area contributed by atoms with E-state index in [1.54, 1.807) is 12.1 Å². The lowest BCUT2D eigenvalue weighted by Crippen LogP contribution is -1.98. The van der Waals surface area contributed by atoms with Crippen LogP contribution >= 0.6 is 11.6 Å². The van der Waals surface area contributed by atoms with Crippen LogP contribution < -0.4 is 0 Å². The van der Waals surface area contributed by atoms with E-state index in [0.29, 0.717) is 5.03 Å². The fourth-order valence-corrected chi connectivity index (χ4v) is 2.81. The minimum absolute atomic E-state index is 0.0509. The molecule has 0 saturated carbocycles. The summed E-state index contributed by atoms with van der Waals surface area (Å²) < 4.78 is 13.1. The Morgan fingerprint density at radius 2 is 1.22 bits per heavy atom. The normalized spacial score (nSPS) is 11.7. The van der Waals surface area contributed by atoms with Crippen molar-refractivity contribution >= 4 is 16.6 Å². The summed E-state index contributed by atoms with van der Waals surface area (Å²) in [6.07, 6.45) is 2.01. The summed E-state index contributed by atoms with van der Waals surface area (Å²) in [6, 6.07) is 26.6. The van der Waals surface area contributed by atoms with Gasteiger partial charge in [0, 0.05) is 11.0 Å². The van der Waals surface area contributed by atoms with Crippen LogP contribution in [-0.4, -0.2) is 0 Å². The summed E-state index contributed by atoms with van der Waals surface area (Å²) in [7, 11) is 0. The smallest absolute Gasteiger partial charge is 0.123 e. The van der Waals surface area contributed by atoms with Crippen molar-refractivity contribution in [2.75, 3.05) is 0 Å². The summed E-state index contributed by atoms with van der Waals surface area (Å²) in [5.74, 6) is -0.212. The van der Waals surface area contributed by atoms with Crippen LogP contribution in [0.15, 0.2) is 91.0 Å². The maximum Gasteiger partial charge on any atom is 0.123 e. The van der Waals surface area contributed by atoms with Gasteiger partial charge in [-0.15, -0.1) is 0 Å². The third kappa shape index (κ3) is 3.88. The lowest BCUT2D eigenvalue weighted by Gasteiger charge is -2.15. The first-order chi connectivity index (χ1) is 11.2. The van der Waals surface area contributed by atoms with Gasteiger partial charge in [-0.1, -0.05) is 90.5 Å². The summed E-state index contributed by atoms with van der Waals surface area (Å²) in [4.78, 5) is 0. The van der Waals surface area contributed by atoms with Gasteiger partial charge in [-0.3, -0.25) is 0 Å². The van der Waals surface area contributed by atoms with E-state index in [1.807, 2.05) is 42.5 Å². The van der Waals surface area contributed by atoms with Crippen LogP contribution in [0.4, 0.5) is 4.39 Å². The van der Waals surface area contributed by atoms with Gasteiger partial charge in [0.1, 0.15) is 5.82 Å². The number of halogens is 2. The Morgan fingerprint density at radius 1 is 0.739 bits per heavy atom. The molecular formula is C21H16ClF. The fourth-order valence-electron chi connectivity index (χ4n) is 2.56. The summed E-state index contributed by atoms with van der Waals surface area (Å²) >= 11 is 6.49. The molecule has 0 nitrogen and oxygen atoms in total. The van der Waals surface area contributed by atoms with E-state index in [2.05, 4.69) is 24.3 Å². The SMILES string of the molecule is Fc1ccc(/C(Cl)=C\C(c2ccccc2)c2ccccc2)cc1. The second-order valence-corrected chi connectivity index (χ2v) is 5.73. The molecule has 23 heavy (non-hydrogen) atoms. The lowest BCUT2D eigenvalue weighted by atomic mass is 9.90. The lowest BCUT2D eigenvalue weighted by molar-refractivity contribution is 0.627. The molecule has 3 rings (SSSR count). The van der Waals surface area contributed by atoms with Crippen LogP contribution in [0.3, 0.4) is 0 Å². The van der Waals surface area contributed by atoms with E-state index in [-0.39, 0.29) is 11.7 Å². The highest BCUT2D eigenvalue weighted by atomic mass is 35.5. The number of hydrogen-bond acceptors (Lipinski definition) is 0. The molecule has 3 aromatic carbocycles. The van der Waals surface area contributed by atoms with Crippen molar-refractivity contribution in [1.29, 1.82) is 0 Å². The van der Waals surface area contributed by atoms with Crippen LogP contribution in [-0.2, 0) is 0 Å². The van der Waals surface area contributed by atoms with E-state index in [1.165, 1.54) is 23.3 Å². The molecule has 0 N–H and O–H groups in total. The number of rotatable bonds is 4. The Labute approximate surface area is 140 Å². The topological polar surface area (TPSA) is 0 Å². The van der Waals surface area contributed by atoms with E-state index in [0.717, 1.165) is 5.56 Å². The van der Waals surface area contributed by atoms with Crippen LogP contribution in [0.1, 0.15) is 22.6 Å². The van der Waals surface area contributed by atoms with Gasteiger partial charge >= 0.3 is 0 Å². The van der Waals surface area contributed by atoms with E-state index in [4.69, 9.17) is 11.6 Å². The van der Waals surface area contributed by atoms with E-state index >= 15 is 0 Å². The van der Waals surface area contributed by atoms with Crippen LogP contribution in [0.5, 0.6) is 0 Å². The highest BCUT2D eigenvalue weighted by Gasteiger charge is 2.12. The monoisotopic (exact) mass is 322 g/mol. The molecule has 0 amide bonds. The highest BCUT2D eigenvalue weighted by molar-refractivity contribution is 6.48. The molecule has 114 valence electrons. The third-order valence-corrected chi connectivity index (χ3v) is 4.09. The Kier molecular flexibility index (Phi) is 4.89. The summed E-state index contributed by atoms with van der Waals surface area (Å²) in [6.45, 7) is 0. The van der Waals surface area contributed by atoms with Gasteiger partial charge < -0.3 is 0 Å². The second kappa shape index (κ2) is 7.26. The minimum Gasteiger partial charge on any atom is -0.207 e. The number of benzene rings is 3. The first-order valence-electron chi connectivity index (χ1n) is 7.47. The standard InChI is InChI=1S/C21H16ClF/c22-21(18-11-13-19(23)14-12-18)15-20(16-7-3-1-4-8-16)17-9-5-2-6-10-17/h1-15,20H/b21-15+. The molecule has 0 heterocycles.